The molecule has 2 aromatic heterocycles. The summed E-state index contributed by atoms with van der Waals surface area (Å²) in [6, 6.07) is 25.9. The molecule has 0 radical (unpaired) electrons. The van der Waals surface area contributed by atoms with Crippen molar-refractivity contribution in [2.75, 3.05) is 11.5 Å². The second kappa shape index (κ2) is 9.38. The van der Waals surface area contributed by atoms with Crippen molar-refractivity contribution in [2.45, 2.75) is 19.9 Å². The van der Waals surface area contributed by atoms with Gasteiger partial charge in [-0.25, -0.2) is 4.98 Å². The zero-order valence-corrected chi connectivity index (χ0v) is 19.1. The van der Waals surface area contributed by atoms with Crippen molar-refractivity contribution in [3.05, 3.63) is 96.3 Å². The number of carbonyl (C=O) groups is 1. The number of amides is 1. The third-order valence-electron chi connectivity index (χ3n) is 5.42. The lowest BCUT2D eigenvalue weighted by molar-refractivity contribution is -0.118. The van der Waals surface area contributed by atoms with Gasteiger partial charge < -0.3 is 4.74 Å². The van der Waals surface area contributed by atoms with Crippen LogP contribution in [-0.4, -0.2) is 22.5 Å². The predicted octanol–water partition coefficient (Wildman–Crippen LogP) is 6.02. The number of aromatic nitrogens is 2. The Hall–Kier alpha value is -3.77. The highest BCUT2D eigenvalue weighted by Crippen LogP contribution is 2.35. The summed E-state index contributed by atoms with van der Waals surface area (Å²) < 4.78 is 6.74. The number of thiazole rings is 1. The lowest BCUT2D eigenvalue weighted by atomic mass is 10.0. The number of anilines is 1. The Morgan fingerprint density at radius 3 is 2.64 bits per heavy atom. The Morgan fingerprint density at radius 1 is 0.970 bits per heavy atom. The second-order valence-corrected chi connectivity index (χ2v) is 8.70. The molecular weight excluding hydrogens is 430 g/mol. The van der Waals surface area contributed by atoms with Gasteiger partial charge in [-0.15, -0.1) is 0 Å². The van der Waals surface area contributed by atoms with Crippen LogP contribution in [-0.2, 0) is 17.8 Å². The van der Waals surface area contributed by atoms with Crippen molar-refractivity contribution in [1.29, 1.82) is 0 Å². The minimum absolute atomic E-state index is 0.0204. The molecule has 0 unspecified atom stereocenters. The Labute approximate surface area is 196 Å². The molecule has 0 bridgehead atoms. The van der Waals surface area contributed by atoms with E-state index in [1.807, 2.05) is 61.5 Å². The van der Waals surface area contributed by atoms with Crippen LogP contribution in [0.3, 0.4) is 0 Å². The van der Waals surface area contributed by atoms with Gasteiger partial charge >= 0.3 is 0 Å². The van der Waals surface area contributed by atoms with Gasteiger partial charge in [0, 0.05) is 6.20 Å². The van der Waals surface area contributed by atoms with Crippen LogP contribution in [0.1, 0.15) is 18.2 Å². The van der Waals surface area contributed by atoms with Crippen LogP contribution in [0.15, 0.2) is 85.1 Å². The number of para-hydroxylation sites is 1. The third kappa shape index (κ3) is 4.56. The van der Waals surface area contributed by atoms with E-state index in [1.54, 1.807) is 11.1 Å². The molecule has 33 heavy (non-hydrogen) atoms. The third-order valence-corrected chi connectivity index (χ3v) is 6.46. The van der Waals surface area contributed by atoms with Crippen molar-refractivity contribution in [2.24, 2.45) is 0 Å². The molecule has 0 saturated carbocycles. The van der Waals surface area contributed by atoms with E-state index in [1.165, 1.54) is 11.3 Å². The fourth-order valence-electron chi connectivity index (χ4n) is 3.83. The van der Waals surface area contributed by atoms with Crippen LogP contribution < -0.4 is 9.64 Å². The van der Waals surface area contributed by atoms with Gasteiger partial charge in [0.2, 0.25) is 5.91 Å². The SMILES string of the molecule is CCOc1cccc2sc(N(Cc3ccccn3)C(=O)Cc3ccc4ccccc4c3)nc12. The van der Waals surface area contributed by atoms with Gasteiger partial charge in [0.15, 0.2) is 5.13 Å². The Bertz CT molecular complexity index is 1420. The Kier molecular flexibility index (Phi) is 6.00. The largest absolute Gasteiger partial charge is 0.492 e. The number of pyridine rings is 1. The van der Waals surface area contributed by atoms with E-state index in [0.29, 0.717) is 18.3 Å². The summed E-state index contributed by atoms with van der Waals surface area (Å²) in [6.07, 6.45) is 2.03. The molecule has 5 rings (SSSR count). The van der Waals surface area contributed by atoms with Crippen LogP contribution in [0.2, 0.25) is 0 Å². The van der Waals surface area contributed by atoms with Gasteiger partial charge in [-0.05, 0) is 47.5 Å². The average Bonchev–Trinajstić information content (AvgIpc) is 3.28. The van der Waals surface area contributed by atoms with Gasteiger partial charge in [-0.3, -0.25) is 14.7 Å². The lowest BCUT2D eigenvalue weighted by Crippen LogP contribution is -2.32. The van der Waals surface area contributed by atoms with E-state index in [9.17, 15) is 4.79 Å². The fourth-order valence-corrected chi connectivity index (χ4v) is 4.83. The number of benzene rings is 3. The first-order valence-corrected chi connectivity index (χ1v) is 11.7. The first-order chi connectivity index (χ1) is 16.2. The highest BCUT2D eigenvalue weighted by molar-refractivity contribution is 7.22. The molecule has 5 nitrogen and oxygen atoms in total. The summed E-state index contributed by atoms with van der Waals surface area (Å²) in [6.45, 7) is 2.87. The van der Waals surface area contributed by atoms with Crippen molar-refractivity contribution in [3.8, 4) is 5.75 Å². The highest BCUT2D eigenvalue weighted by atomic mass is 32.1. The molecule has 0 aliphatic heterocycles. The van der Waals surface area contributed by atoms with Gasteiger partial charge in [0.25, 0.3) is 0 Å². The van der Waals surface area contributed by atoms with Crippen LogP contribution in [0.5, 0.6) is 5.75 Å². The van der Waals surface area contributed by atoms with Crippen LogP contribution in [0, 0.1) is 0 Å². The number of carbonyl (C=O) groups excluding carboxylic acids is 1. The van der Waals surface area contributed by atoms with Crippen molar-refractivity contribution < 1.29 is 9.53 Å². The maximum Gasteiger partial charge on any atom is 0.233 e. The quantitative estimate of drug-likeness (QED) is 0.302. The summed E-state index contributed by atoms with van der Waals surface area (Å²) in [5.74, 6) is 0.713. The van der Waals surface area contributed by atoms with E-state index >= 15 is 0 Å². The lowest BCUT2D eigenvalue weighted by Gasteiger charge is -2.20. The van der Waals surface area contributed by atoms with Crippen molar-refractivity contribution in [3.63, 3.8) is 0 Å². The zero-order valence-electron chi connectivity index (χ0n) is 18.3. The van der Waals surface area contributed by atoms with Gasteiger partial charge in [0.1, 0.15) is 11.3 Å². The molecule has 0 N–H and O–H groups in total. The summed E-state index contributed by atoms with van der Waals surface area (Å²) in [5.41, 5.74) is 2.57. The number of rotatable bonds is 7. The smallest absolute Gasteiger partial charge is 0.233 e. The predicted molar refractivity (Wildman–Crippen MR) is 134 cm³/mol. The topological polar surface area (TPSA) is 55.3 Å². The van der Waals surface area contributed by atoms with E-state index < -0.39 is 0 Å². The average molecular weight is 454 g/mol. The van der Waals surface area contributed by atoms with Crippen molar-refractivity contribution >= 4 is 43.4 Å². The Morgan fingerprint density at radius 2 is 1.82 bits per heavy atom. The van der Waals surface area contributed by atoms with E-state index in [2.05, 4.69) is 29.2 Å². The van der Waals surface area contributed by atoms with Gasteiger partial charge in [-0.2, -0.15) is 0 Å². The maximum absolute atomic E-state index is 13.6. The summed E-state index contributed by atoms with van der Waals surface area (Å²) in [4.78, 5) is 24.6. The van der Waals surface area contributed by atoms with Crippen molar-refractivity contribution in [1.82, 2.24) is 9.97 Å². The molecule has 0 atom stereocenters. The summed E-state index contributed by atoms with van der Waals surface area (Å²) >= 11 is 1.49. The van der Waals surface area contributed by atoms with E-state index in [0.717, 1.165) is 38.0 Å². The summed E-state index contributed by atoms with van der Waals surface area (Å²) in [7, 11) is 0. The monoisotopic (exact) mass is 453 g/mol. The van der Waals surface area contributed by atoms with E-state index in [4.69, 9.17) is 9.72 Å². The highest BCUT2D eigenvalue weighted by Gasteiger charge is 2.22. The molecule has 1 amide bonds. The number of hydrogen-bond acceptors (Lipinski definition) is 5. The Balaban J connectivity index is 1.50. The standard InChI is InChI=1S/C27H23N3O2S/c1-2-32-23-11-7-12-24-26(23)29-27(33-24)30(18-22-10-5-6-15-28-22)25(31)17-19-13-14-20-8-3-4-9-21(20)16-19/h3-16H,2,17-18H2,1H3. The molecule has 0 aliphatic carbocycles. The molecule has 0 saturated heterocycles. The molecule has 0 fully saturated rings. The number of nitrogens with zero attached hydrogens (tertiary/aromatic N) is 3. The number of fused-ring (bicyclic) bond motifs is 2. The molecule has 3 aromatic carbocycles. The molecule has 164 valence electrons. The number of ether oxygens (including phenoxy) is 1. The zero-order chi connectivity index (χ0) is 22.6. The summed E-state index contributed by atoms with van der Waals surface area (Å²) in [5, 5.41) is 2.93. The minimum atomic E-state index is -0.0204. The fraction of sp³-hybridized carbons (Fsp3) is 0.148. The molecule has 0 spiro atoms. The first-order valence-electron chi connectivity index (χ1n) is 10.9. The molecule has 5 aromatic rings. The molecule has 6 heteroatoms. The molecular formula is C27H23N3O2S. The molecule has 0 aliphatic rings. The maximum atomic E-state index is 13.6. The first kappa shape index (κ1) is 21.1. The van der Waals surface area contributed by atoms with E-state index in [-0.39, 0.29) is 12.3 Å². The van der Waals surface area contributed by atoms with Crippen LogP contribution >= 0.6 is 11.3 Å². The van der Waals surface area contributed by atoms with Gasteiger partial charge in [-0.1, -0.05) is 65.9 Å². The number of hydrogen-bond donors (Lipinski definition) is 0. The van der Waals surface area contributed by atoms with Crippen LogP contribution in [0.4, 0.5) is 5.13 Å². The van der Waals surface area contributed by atoms with Crippen LogP contribution in [0.25, 0.3) is 21.0 Å². The normalized spacial score (nSPS) is 11.1. The molecule has 2 heterocycles. The second-order valence-electron chi connectivity index (χ2n) is 7.69. The van der Waals surface area contributed by atoms with Gasteiger partial charge in [0.05, 0.1) is 30.0 Å². The minimum Gasteiger partial charge on any atom is -0.492 e.